The molecule has 1 aromatic carbocycles. The molecule has 0 N–H and O–H groups in total. The summed E-state index contributed by atoms with van der Waals surface area (Å²) in [7, 11) is 0. The molecule has 0 spiro atoms. The van der Waals surface area contributed by atoms with Crippen molar-refractivity contribution in [1.82, 2.24) is 0 Å². The SMILES string of the molecule is CCCCCC(C)(C)[CH]c1ccccc1. The zero-order valence-electron chi connectivity index (χ0n) is 10.3. The van der Waals surface area contributed by atoms with Crippen molar-refractivity contribution in [2.24, 2.45) is 5.41 Å². The molecule has 0 unspecified atom stereocenters. The van der Waals surface area contributed by atoms with Crippen LogP contribution in [-0.2, 0) is 0 Å². The molecule has 83 valence electrons. The third-order valence-corrected chi connectivity index (χ3v) is 2.78. The molecule has 0 heteroatoms. The Morgan fingerprint density at radius 1 is 1.07 bits per heavy atom. The fourth-order valence-electron chi connectivity index (χ4n) is 1.90. The topological polar surface area (TPSA) is 0 Å². The Balaban J connectivity index is 2.42. The molecular weight excluding hydrogens is 180 g/mol. The normalized spacial score (nSPS) is 11.7. The standard InChI is InChI=1S/C15H23/c1-4-5-9-12-15(2,3)13-14-10-7-6-8-11-14/h6-8,10-11,13H,4-5,9,12H2,1-3H3. The summed E-state index contributed by atoms with van der Waals surface area (Å²) >= 11 is 0. The fourth-order valence-corrected chi connectivity index (χ4v) is 1.90. The molecule has 0 aliphatic heterocycles. The van der Waals surface area contributed by atoms with Crippen molar-refractivity contribution in [2.75, 3.05) is 0 Å². The molecule has 15 heavy (non-hydrogen) atoms. The first kappa shape index (κ1) is 12.3. The molecule has 0 saturated carbocycles. The highest BCUT2D eigenvalue weighted by molar-refractivity contribution is 5.24. The smallest absolute Gasteiger partial charge is 0.00366 e. The average molecular weight is 203 g/mol. The largest absolute Gasteiger partial charge is 0.0654 e. The van der Waals surface area contributed by atoms with E-state index in [-0.39, 0.29) is 0 Å². The van der Waals surface area contributed by atoms with Crippen LogP contribution in [0, 0.1) is 11.8 Å². The van der Waals surface area contributed by atoms with Crippen molar-refractivity contribution in [3.05, 3.63) is 42.3 Å². The van der Waals surface area contributed by atoms with E-state index < -0.39 is 0 Å². The lowest BCUT2D eigenvalue weighted by atomic mass is 9.81. The third kappa shape index (κ3) is 5.01. The maximum Gasteiger partial charge on any atom is -0.00366 e. The van der Waals surface area contributed by atoms with Crippen LogP contribution in [0.25, 0.3) is 0 Å². The zero-order valence-corrected chi connectivity index (χ0v) is 10.3. The monoisotopic (exact) mass is 203 g/mol. The summed E-state index contributed by atoms with van der Waals surface area (Å²) in [6.07, 6.45) is 7.68. The van der Waals surface area contributed by atoms with E-state index in [1.54, 1.807) is 0 Å². The second-order valence-electron chi connectivity index (χ2n) is 5.00. The second kappa shape index (κ2) is 5.95. The van der Waals surface area contributed by atoms with Gasteiger partial charge >= 0.3 is 0 Å². The first-order chi connectivity index (χ1) is 7.14. The lowest BCUT2D eigenvalue weighted by Gasteiger charge is -2.24. The maximum atomic E-state index is 2.39. The molecule has 1 rings (SSSR count). The molecule has 1 radical (unpaired) electrons. The second-order valence-corrected chi connectivity index (χ2v) is 5.00. The van der Waals surface area contributed by atoms with Crippen molar-refractivity contribution in [3.8, 4) is 0 Å². The summed E-state index contributed by atoms with van der Waals surface area (Å²) in [4.78, 5) is 0. The highest BCUT2D eigenvalue weighted by Gasteiger charge is 2.17. The molecule has 0 aliphatic carbocycles. The van der Waals surface area contributed by atoms with E-state index in [9.17, 15) is 0 Å². The van der Waals surface area contributed by atoms with Crippen molar-refractivity contribution in [2.45, 2.75) is 46.5 Å². The van der Waals surface area contributed by atoms with Gasteiger partial charge < -0.3 is 0 Å². The van der Waals surface area contributed by atoms with Gasteiger partial charge in [0.25, 0.3) is 0 Å². The van der Waals surface area contributed by atoms with E-state index in [0.717, 1.165) is 0 Å². The molecule has 0 heterocycles. The van der Waals surface area contributed by atoms with Crippen LogP contribution in [0.3, 0.4) is 0 Å². The van der Waals surface area contributed by atoms with Gasteiger partial charge in [-0.2, -0.15) is 0 Å². The summed E-state index contributed by atoms with van der Waals surface area (Å²) in [6.45, 7) is 6.92. The zero-order chi connectivity index (χ0) is 11.1. The van der Waals surface area contributed by atoms with E-state index in [1.165, 1.54) is 31.2 Å². The summed E-state index contributed by atoms with van der Waals surface area (Å²) in [6, 6.07) is 10.6. The number of rotatable bonds is 6. The van der Waals surface area contributed by atoms with Gasteiger partial charge in [0.15, 0.2) is 0 Å². The van der Waals surface area contributed by atoms with Crippen molar-refractivity contribution < 1.29 is 0 Å². The Labute approximate surface area is 94.7 Å². The molecule has 0 bridgehead atoms. The summed E-state index contributed by atoms with van der Waals surface area (Å²) < 4.78 is 0. The minimum Gasteiger partial charge on any atom is -0.0654 e. The van der Waals surface area contributed by atoms with E-state index in [2.05, 4.69) is 57.5 Å². The van der Waals surface area contributed by atoms with Gasteiger partial charge in [-0.1, -0.05) is 70.4 Å². The molecule has 0 aliphatic rings. The van der Waals surface area contributed by atoms with Crippen molar-refractivity contribution in [1.29, 1.82) is 0 Å². The lowest BCUT2D eigenvalue weighted by molar-refractivity contribution is 0.387. The number of hydrogen-bond donors (Lipinski definition) is 0. The molecular formula is C15H23. The Morgan fingerprint density at radius 3 is 2.33 bits per heavy atom. The van der Waals surface area contributed by atoms with Crippen molar-refractivity contribution >= 4 is 0 Å². The van der Waals surface area contributed by atoms with Crippen LogP contribution in [0.5, 0.6) is 0 Å². The Kier molecular flexibility index (Phi) is 4.87. The summed E-state index contributed by atoms with van der Waals surface area (Å²) in [5, 5.41) is 0. The minimum absolute atomic E-state index is 0.330. The van der Waals surface area contributed by atoms with Crippen LogP contribution in [0.4, 0.5) is 0 Å². The summed E-state index contributed by atoms with van der Waals surface area (Å²) in [5.41, 5.74) is 1.68. The number of unbranched alkanes of at least 4 members (excludes halogenated alkanes) is 2. The van der Waals surface area contributed by atoms with E-state index in [1.807, 2.05) is 0 Å². The van der Waals surface area contributed by atoms with Gasteiger partial charge in [0.2, 0.25) is 0 Å². The fraction of sp³-hybridized carbons (Fsp3) is 0.533. The van der Waals surface area contributed by atoms with Crippen LogP contribution in [0.1, 0.15) is 52.0 Å². The molecule has 0 atom stereocenters. The summed E-state index contributed by atoms with van der Waals surface area (Å²) in [5.74, 6) is 0. The van der Waals surface area contributed by atoms with E-state index >= 15 is 0 Å². The molecule has 0 amide bonds. The van der Waals surface area contributed by atoms with E-state index in [4.69, 9.17) is 0 Å². The Morgan fingerprint density at radius 2 is 1.73 bits per heavy atom. The quantitative estimate of drug-likeness (QED) is 0.580. The van der Waals surface area contributed by atoms with Gasteiger partial charge in [0.1, 0.15) is 0 Å². The molecule has 0 nitrogen and oxygen atoms in total. The van der Waals surface area contributed by atoms with Crippen LogP contribution < -0.4 is 0 Å². The highest BCUT2D eigenvalue weighted by Crippen LogP contribution is 2.30. The predicted octanol–water partition coefficient (Wildman–Crippen LogP) is 4.85. The van der Waals surface area contributed by atoms with Crippen molar-refractivity contribution in [3.63, 3.8) is 0 Å². The number of hydrogen-bond acceptors (Lipinski definition) is 0. The first-order valence-electron chi connectivity index (χ1n) is 6.05. The van der Waals surface area contributed by atoms with Crippen LogP contribution in [0.2, 0.25) is 0 Å². The Hall–Kier alpha value is -0.780. The van der Waals surface area contributed by atoms with E-state index in [0.29, 0.717) is 5.41 Å². The van der Waals surface area contributed by atoms with Gasteiger partial charge in [-0.15, -0.1) is 0 Å². The van der Waals surface area contributed by atoms with Gasteiger partial charge in [-0.3, -0.25) is 0 Å². The first-order valence-corrected chi connectivity index (χ1v) is 6.05. The number of benzene rings is 1. The van der Waals surface area contributed by atoms with Gasteiger partial charge in [-0.05, 0) is 23.8 Å². The van der Waals surface area contributed by atoms with Crippen LogP contribution >= 0.6 is 0 Å². The minimum atomic E-state index is 0.330. The molecule has 0 aromatic heterocycles. The third-order valence-electron chi connectivity index (χ3n) is 2.78. The Bertz CT molecular complexity index is 259. The van der Waals surface area contributed by atoms with Gasteiger partial charge in [0, 0.05) is 0 Å². The molecule has 0 fully saturated rings. The van der Waals surface area contributed by atoms with Gasteiger partial charge in [-0.25, -0.2) is 0 Å². The average Bonchev–Trinajstić information content (AvgIpc) is 2.18. The molecule has 0 saturated heterocycles. The highest BCUT2D eigenvalue weighted by atomic mass is 14.2. The molecule has 1 aromatic rings. The van der Waals surface area contributed by atoms with Crippen LogP contribution in [0.15, 0.2) is 30.3 Å². The maximum absolute atomic E-state index is 2.39. The van der Waals surface area contributed by atoms with Gasteiger partial charge in [0.05, 0.1) is 0 Å². The lowest BCUT2D eigenvalue weighted by Crippen LogP contribution is -2.12. The van der Waals surface area contributed by atoms with Crippen LogP contribution in [-0.4, -0.2) is 0 Å². The predicted molar refractivity (Wildman–Crippen MR) is 67.8 cm³/mol.